The highest BCUT2D eigenvalue weighted by Gasteiger charge is 2.39. The number of carbonyl (C=O) groups is 1. The number of nitrogens with one attached hydrogen (secondary N) is 3. The molecule has 3 rings (SSSR count). The van der Waals surface area contributed by atoms with Gasteiger partial charge in [0.2, 0.25) is 0 Å². The highest BCUT2D eigenvalue weighted by atomic mass is 19.1. The van der Waals surface area contributed by atoms with Crippen LogP contribution in [0.15, 0.2) is 30.3 Å². The minimum absolute atomic E-state index is 0.304. The van der Waals surface area contributed by atoms with Crippen LogP contribution < -0.4 is 16.0 Å². The topological polar surface area (TPSA) is 56.4 Å². The van der Waals surface area contributed by atoms with Gasteiger partial charge in [-0.3, -0.25) is 15.0 Å². The maximum absolute atomic E-state index is 14.2. The fourth-order valence-electron chi connectivity index (χ4n) is 2.72. The van der Waals surface area contributed by atoms with E-state index in [0.717, 1.165) is 31.7 Å². The summed E-state index contributed by atoms with van der Waals surface area (Å²) in [4.78, 5) is 14.0. The number of nitrogens with zero attached hydrogens (tertiary/aromatic N) is 1. The van der Waals surface area contributed by atoms with Gasteiger partial charge in [-0.05, 0) is 5.56 Å². The normalized spacial score (nSPS) is 31.9. The van der Waals surface area contributed by atoms with Gasteiger partial charge in [-0.25, -0.2) is 4.39 Å². The third kappa shape index (κ3) is 2.67. The van der Waals surface area contributed by atoms with Crippen molar-refractivity contribution in [2.45, 2.75) is 18.5 Å². The van der Waals surface area contributed by atoms with Crippen molar-refractivity contribution < 1.29 is 9.18 Å². The number of hydrogen-bond acceptors (Lipinski definition) is 4. The van der Waals surface area contributed by atoms with E-state index < -0.39 is 18.1 Å². The molecule has 108 valence electrons. The van der Waals surface area contributed by atoms with Crippen molar-refractivity contribution in [1.29, 1.82) is 0 Å². The Morgan fingerprint density at radius 1 is 1.15 bits per heavy atom. The molecule has 0 aromatic heterocycles. The highest BCUT2D eigenvalue weighted by molar-refractivity contribution is 5.82. The molecule has 3 atom stereocenters. The summed E-state index contributed by atoms with van der Waals surface area (Å²) in [6.07, 6.45) is -1.86. The molecule has 0 saturated carbocycles. The van der Waals surface area contributed by atoms with E-state index in [4.69, 9.17) is 0 Å². The molecule has 2 heterocycles. The van der Waals surface area contributed by atoms with Gasteiger partial charge in [-0.2, -0.15) is 0 Å². The fourth-order valence-corrected chi connectivity index (χ4v) is 2.72. The van der Waals surface area contributed by atoms with E-state index in [-0.39, 0.29) is 6.29 Å². The Morgan fingerprint density at radius 2 is 1.85 bits per heavy atom. The molecular formula is C14H19FN4O. The molecule has 1 aromatic carbocycles. The molecule has 2 fully saturated rings. The average Bonchev–Trinajstić information content (AvgIpc) is 2.51. The summed E-state index contributed by atoms with van der Waals surface area (Å²) in [5.41, 5.74) is 0.801. The standard InChI is InChI=1S/C14H19FN4O/c15-11-12(10-4-2-1-3-5-10)17-14(18-13(11)20)19-8-6-16-7-9-19/h1-5,11-12,14,16-17H,6-9H2,(H,18,20). The second-order valence-corrected chi connectivity index (χ2v) is 5.15. The van der Waals surface area contributed by atoms with E-state index in [2.05, 4.69) is 20.9 Å². The van der Waals surface area contributed by atoms with E-state index in [1.165, 1.54) is 0 Å². The minimum Gasteiger partial charge on any atom is -0.325 e. The maximum atomic E-state index is 14.2. The van der Waals surface area contributed by atoms with E-state index in [0.29, 0.717) is 0 Å². The van der Waals surface area contributed by atoms with E-state index in [9.17, 15) is 9.18 Å². The van der Waals surface area contributed by atoms with Crippen LogP contribution in [0.5, 0.6) is 0 Å². The lowest BCUT2D eigenvalue weighted by Gasteiger charge is -2.41. The lowest BCUT2D eigenvalue weighted by atomic mass is 10.00. The summed E-state index contributed by atoms with van der Waals surface area (Å²) < 4.78 is 14.2. The molecule has 3 unspecified atom stereocenters. The number of alkyl halides is 1. The van der Waals surface area contributed by atoms with Crippen LogP contribution in [0, 0.1) is 0 Å². The number of rotatable bonds is 2. The number of halogens is 1. The first-order valence-electron chi connectivity index (χ1n) is 6.96. The predicted molar refractivity (Wildman–Crippen MR) is 73.6 cm³/mol. The Bertz CT molecular complexity index is 464. The number of piperazine rings is 1. The second kappa shape index (κ2) is 5.87. The molecule has 1 amide bonds. The Balaban J connectivity index is 1.77. The van der Waals surface area contributed by atoms with E-state index in [1.54, 1.807) is 0 Å². The highest BCUT2D eigenvalue weighted by Crippen LogP contribution is 2.23. The van der Waals surface area contributed by atoms with Crippen LogP contribution >= 0.6 is 0 Å². The summed E-state index contributed by atoms with van der Waals surface area (Å²) in [6.45, 7) is 3.42. The maximum Gasteiger partial charge on any atom is 0.258 e. The van der Waals surface area contributed by atoms with Crippen LogP contribution in [0.25, 0.3) is 0 Å². The van der Waals surface area contributed by atoms with Crippen molar-refractivity contribution in [2.24, 2.45) is 0 Å². The predicted octanol–water partition coefficient (Wildman–Crippen LogP) is -0.0260. The van der Waals surface area contributed by atoms with Crippen LogP contribution in [0.2, 0.25) is 0 Å². The number of amides is 1. The van der Waals surface area contributed by atoms with Gasteiger partial charge in [-0.1, -0.05) is 30.3 Å². The Morgan fingerprint density at radius 3 is 2.55 bits per heavy atom. The van der Waals surface area contributed by atoms with Crippen molar-refractivity contribution in [2.75, 3.05) is 26.2 Å². The van der Waals surface area contributed by atoms with Crippen LogP contribution in [-0.4, -0.2) is 49.4 Å². The van der Waals surface area contributed by atoms with Crippen molar-refractivity contribution in [1.82, 2.24) is 20.9 Å². The van der Waals surface area contributed by atoms with Crippen molar-refractivity contribution in [3.8, 4) is 0 Å². The van der Waals surface area contributed by atoms with Gasteiger partial charge in [-0.15, -0.1) is 0 Å². The zero-order valence-electron chi connectivity index (χ0n) is 11.2. The Hall–Kier alpha value is -1.50. The Labute approximate surface area is 117 Å². The molecule has 3 N–H and O–H groups in total. The molecular weight excluding hydrogens is 259 g/mol. The van der Waals surface area contributed by atoms with E-state index >= 15 is 0 Å². The van der Waals surface area contributed by atoms with Crippen molar-refractivity contribution in [3.05, 3.63) is 35.9 Å². The zero-order chi connectivity index (χ0) is 13.9. The SMILES string of the molecule is O=C1NC(N2CCNCC2)NC(c2ccccc2)C1F. The molecule has 0 radical (unpaired) electrons. The van der Waals surface area contributed by atoms with E-state index in [1.807, 2.05) is 30.3 Å². The Kier molecular flexibility index (Phi) is 3.95. The van der Waals surface area contributed by atoms with Crippen LogP contribution in [-0.2, 0) is 4.79 Å². The van der Waals surface area contributed by atoms with Gasteiger partial charge in [0.05, 0.1) is 6.04 Å². The van der Waals surface area contributed by atoms with Gasteiger partial charge < -0.3 is 10.6 Å². The molecule has 6 heteroatoms. The first-order valence-corrected chi connectivity index (χ1v) is 6.96. The molecule has 0 aliphatic carbocycles. The molecule has 20 heavy (non-hydrogen) atoms. The largest absolute Gasteiger partial charge is 0.325 e. The summed E-state index contributed by atoms with van der Waals surface area (Å²) in [7, 11) is 0. The number of hydrogen-bond donors (Lipinski definition) is 3. The van der Waals surface area contributed by atoms with Gasteiger partial charge in [0.15, 0.2) is 6.17 Å². The molecule has 5 nitrogen and oxygen atoms in total. The quantitative estimate of drug-likeness (QED) is 0.711. The van der Waals surface area contributed by atoms with Gasteiger partial charge in [0, 0.05) is 26.2 Å². The van der Waals surface area contributed by atoms with Crippen LogP contribution in [0.1, 0.15) is 11.6 Å². The minimum atomic E-state index is -1.56. The lowest BCUT2D eigenvalue weighted by Crippen LogP contribution is -2.67. The second-order valence-electron chi connectivity index (χ2n) is 5.15. The average molecular weight is 278 g/mol. The summed E-state index contributed by atoms with van der Waals surface area (Å²) in [5.74, 6) is -0.541. The van der Waals surface area contributed by atoms with Crippen LogP contribution in [0.4, 0.5) is 4.39 Å². The van der Waals surface area contributed by atoms with Crippen LogP contribution in [0.3, 0.4) is 0 Å². The molecule has 0 bridgehead atoms. The first-order chi connectivity index (χ1) is 9.75. The third-order valence-corrected chi connectivity index (χ3v) is 3.83. The number of carbonyl (C=O) groups excluding carboxylic acids is 1. The number of benzene rings is 1. The van der Waals surface area contributed by atoms with Gasteiger partial charge in [0.25, 0.3) is 5.91 Å². The molecule has 0 spiro atoms. The first kappa shape index (κ1) is 13.5. The van der Waals surface area contributed by atoms with Gasteiger partial charge >= 0.3 is 0 Å². The third-order valence-electron chi connectivity index (χ3n) is 3.83. The summed E-state index contributed by atoms with van der Waals surface area (Å²) in [6, 6.07) is 8.69. The molecule has 1 aromatic rings. The monoisotopic (exact) mass is 278 g/mol. The lowest BCUT2D eigenvalue weighted by molar-refractivity contribution is -0.134. The summed E-state index contributed by atoms with van der Waals surface area (Å²) >= 11 is 0. The molecule has 2 aliphatic rings. The summed E-state index contributed by atoms with van der Waals surface area (Å²) in [5, 5.41) is 9.18. The fraction of sp³-hybridized carbons (Fsp3) is 0.500. The van der Waals surface area contributed by atoms with Gasteiger partial charge in [0.1, 0.15) is 6.29 Å². The molecule has 2 saturated heterocycles. The zero-order valence-corrected chi connectivity index (χ0v) is 11.2. The van der Waals surface area contributed by atoms with Crippen molar-refractivity contribution in [3.63, 3.8) is 0 Å². The smallest absolute Gasteiger partial charge is 0.258 e. The van der Waals surface area contributed by atoms with Crippen molar-refractivity contribution >= 4 is 5.91 Å². The molecule has 2 aliphatic heterocycles.